The number of carbonyl (C=O) groups excluding carboxylic acids is 2. The van der Waals surface area contributed by atoms with Crippen molar-refractivity contribution in [1.29, 1.82) is 0 Å². The average molecular weight is 530 g/mol. The summed E-state index contributed by atoms with van der Waals surface area (Å²) in [7, 11) is 1.79. The molecule has 1 unspecified atom stereocenters. The van der Waals surface area contributed by atoms with Crippen molar-refractivity contribution in [3.63, 3.8) is 0 Å². The van der Waals surface area contributed by atoms with Crippen molar-refractivity contribution < 1.29 is 9.59 Å². The maximum Gasteiger partial charge on any atom is 0.244 e. The highest BCUT2D eigenvalue weighted by atomic mass is 127. The van der Waals surface area contributed by atoms with E-state index in [4.69, 9.17) is 0 Å². The molecular formula is C21H35IN6O2. The van der Waals surface area contributed by atoms with E-state index in [9.17, 15) is 9.59 Å². The van der Waals surface area contributed by atoms with Gasteiger partial charge in [-0.05, 0) is 25.5 Å². The molecule has 1 aromatic rings. The standard InChI is InChI=1S/C21H34N6O2.HI/c1-5-22-21(25-18-10-13-27(15-18)20(29)16(2)3)24-14-19(28)26(4)12-9-17-8-6-7-11-23-17;/h6-8,11,16,18H,5,9-10,12-15H2,1-4H3,(H2,22,24,25);1H. The molecular weight excluding hydrogens is 495 g/mol. The molecule has 0 bridgehead atoms. The number of likely N-dealkylation sites (N-methyl/N-ethyl adjacent to an activating group) is 1. The van der Waals surface area contributed by atoms with Crippen molar-refractivity contribution in [2.45, 2.75) is 39.7 Å². The number of halogens is 1. The molecule has 1 aliphatic rings. The van der Waals surface area contributed by atoms with E-state index in [2.05, 4.69) is 20.6 Å². The van der Waals surface area contributed by atoms with Crippen molar-refractivity contribution in [2.75, 3.05) is 39.8 Å². The Bertz CT molecular complexity index is 698. The number of likely N-dealkylation sites (tertiary alicyclic amines) is 1. The van der Waals surface area contributed by atoms with Crippen LogP contribution in [0.25, 0.3) is 0 Å². The van der Waals surface area contributed by atoms with E-state index in [1.54, 1.807) is 18.1 Å². The van der Waals surface area contributed by atoms with Crippen molar-refractivity contribution >= 4 is 41.8 Å². The molecule has 168 valence electrons. The first-order valence-corrected chi connectivity index (χ1v) is 10.4. The number of rotatable bonds is 8. The van der Waals surface area contributed by atoms with Crippen molar-refractivity contribution in [1.82, 2.24) is 25.4 Å². The van der Waals surface area contributed by atoms with Gasteiger partial charge in [-0.25, -0.2) is 4.99 Å². The van der Waals surface area contributed by atoms with E-state index in [0.717, 1.165) is 18.7 Å². The second kappa shape index (κ2) is 13.4. The fraction of sp³-hybridized carbons (Fsp3) is 0.619. The van der Waals surface area contributed by atoms with Gasteiger partial charge in [0.1, 0.15) is 6.54 Å². The van der Waals surface area contributed by atoms with Crippen LogP contribution >= 0.6 is 24.0 Å². The first-order valence-electron chi connectivity index (χ1n) is 10.4. The summed E-state index contributed by atoms with van der Waals surface area (Å²) in [5, 5.41) is 6.54. The Morgan fingerprint density at radius 1 is 1.37 bits per heavy atom. The van der Waals surface area contributed by atoms with E-state index in [0.29, 0.717) is 32.0 Å². The van der Waals surface area contributed by atoms with Gasteiger partial charge in [0.25, 0.3) is 0 Å². The van der Waals surface area contributed by atoms with Crippen molar-refractivity contribution in [3.8, 4) is 0 Å². The summed E-state index contributed by atoms with van der Waals surface area (Å²) in [4.78, 5) is 36.9. The third-order valence-corrected chi connectivity index (χ3v) is 4.91. The molecule has 0 saturated carbocycles. The highest BCUT2D eigenvalue weighted by Gasteiger charge is 2.28. The normalized spacial score (nSPS) is 16.2. The lowest BCUT2D eigenvalue weighted by molar-refractivity contribution is -0.133. The van der Waals surface area contributed by atoms with Gasteiger partial charge < -0.3 is 20.4 Å². The fourth-order valence-corrected chi connectivity index (χ4v) is 3.18. The molecule has 2 rings (SSSR count). The Morgan fingerprint density at radius 3 is 2.77 bits per heavy atom. The van der Waals surface area contributed by atoms with E-state index < -0.39 is 0 Å². The summed E-state index contributed by atoms with van der Waals surface area (Å²) in [6.07, 6.45) is 3.35. The number of nitrogens with one attached hydrogen (secondary N) is 2. The molecule has 1 aromatic heterocycles. The van der Waals surface area contributed by atoms with Gasteiger partial charge >= 0.3 is 0 Å². The molecule has 9 heteroatoms. The van der Waals surface area contributed by atoms with Crippen LogP contribution in [0.15, 0.2) is 29.4 Å². The van der Waals surface area contributed by atoms with Gasteiger partial charge in [0.05, 0.1) is 0 Å². The number of hydrogen-bond acceptors (Lipinski definition) is 4. The van der Waals surface area contributed by atoms with Gasteiger partial charge in [-0.15, -0.1) is 24.0 Å². The summed E-state index contributed by atoms with van der Waals surface area (Å²) in [5.41, 5.74) is 0.965. The van der Waals surface area contributed by atoms with Gasteiger partial charge in [-0.2, -0.15) is 0 Å². The zero-order valence-corrected chi connectivity index (χ0v) is 20.8. The molecule has 2 amide bonds. The van der Waals surface area contributed by atoms with Crippen LogP contribution in [0, 0.1) is 5.92 Å². The summed E-state index contributed by atoms with van der Waals surface area (Å²) in [5.74, 6) is 0.764. The van der Waals surface area contributed by atoms with Gasteiger partial charge in [-0.3, -0.25) is 14.6 Å². The molecule has 1 aliphatic heterocycles. The van der Waals surface area contributed by atoms with Crippen LogP contribution in [0.5, 0.6) is 0 Å². The maximum absolute atomic E-state index is 12.4. The number of hydrogen-bond donors (Lipinski definition) is 2. The molecule has 0 radical (unpaired) electrons. The number of aliphatic imine (C=N–C) groups is 1. The van der Waals surface area contributed by atoms with Crippen molar-refractivity contribution in [2.24, 2.45) is 10.9 Å². The lowest BCUT2D eigenvalue weighted by atomic mass is 10.2. The third kappa shape index (κ3) is 8.45. The highest BCUT2D eigenvalue weighted by Crippen LogP contribution is 2.12. The van der Waals surface area contributed by atoms with Gasteiger partial charge in [-0.1, -0.05) is 19.9 Å². The Labute approximate surface area is 196 Å². The molecule has 30 heavy (non-hydrogen) atoms. The van der Waals surface area contributed by atoms with Crippen LogP contribution in [0.4, 0.5) is 0 Å². The molecule has 1 atom stereocenters. The minimum Gasteiger partial charge on any atom is -0.357 e. The Balaban J connectivity index is 0.00000450. The van der Waals surface area contributed by atoms with Crippen molar-refractivity contribution in [3.05, 3.63) is 30.1 Å². The lowest BCUT2D eigenvalue weighted by Crippen LogP contribution is -2.46. The number of guanidine groups is 1. The largest absolute Gasteiger partial charge is 0.357 e. The second-order valence-electron chi connectivity index (χ2n) is 7.65. The third-order valence-electron chi connectivity index (χ3n) is 4.91. The Morgan fingerprint density at radius 2 is 2.13 bits per heavy atom. The van der Waals surface area contributed by atoms with E-state index in [1.807, 2.05) is 43.9 Å². The fourth-order valence-electron chi connectivity index (χ4n) is 3.18. The minimum atomic E-state index is -0.0406. The zero-order chi connectivity index (χ0) is 21.2. The first kappa shape index (κ1) is 26.1. The quantitative estimate of drug-likeness (QED) is 0.302. The number of amides is 2. The summed E-state index contributed by atoms with van der Waals surface area (Å²) >= 11 is 0. The monoisotopic (exact) mass is 530 g/mol. The van der Waals surface area contributed by atoms with Gasteiger partial charge in [0.15, 0.2) is 5.96 Å². The summed E-state index contributed by atoms with van der Waals surface area (Å²) < 4.78 is 0. The van der Waals surface area contributed by atoms with Crippen LogP contribution in [0.1, 0.15) is 32.9 Å². The first-order chi connectivity index (χ1) is 13.9. The number of nitrogens with zero attached hydrogens (tertiary/aromatic N) is 4. The summed E-state index contributed by atoms with van der Waals surface area (Å²) in [6.45, 7) is 8.63. The van der Waals surface area contributed by atoms with Crippen LogP contribution in [-0.2, 0) is 16.0 Å². The maximum atomic E-state index is 12.4. The zero-order valence-electron chi connectivity index (χ0n) is 18.4. The molecule has 2 heterocycles. The predicted octanol–water partition coefficient (Wildman–Crippen LogP) is 1.51. The Kier molecular flexibility index (Phi) is 11.7. The summed E-state index contributed by atoms with van der Waals surface area (Å²) in [6, 6.07) is 5.93. The minimum absolute atomic E-state index is 0. The van der Waals surface area contributed by atoms with Crippen LogP contribution in [0.3, 0.4) is 0 Å². The number of carbonyl (C=O) groups is 2. The second-order valence-corrected chi connectivity index (χ2v) is 7.65. The van der Waals surface area contributed by atoms with E-state index in [1.165, 1.54) is 0 Å². The molecule has 8 nitrogen and oxygen atoms in total. The smallest absolute Gasteiger partial charge is 0.244 e. The SMILES string of the molecule is CCNC(=NCC(=O)N(C)CCc1ccccn1)NC1CCN(C(=O)C(C)C)C1.I. The molecule has 0 spiro atoms. The highest BCUT2D eigenvalue weighted by molar-refractivity contribution is 14.0. The topological polar surface area (TPSA) is 89.9 Å². The molecule has 0 aliphatic carbocycles. The molecule has 1 saturated heterocycles. The van der Waals surface area contributed by atoms with Crippen LogP contribution < -0.4 is 10.6 Å². The Hall–Kier alpha value is -1.91. The molecule has 1 fully saturated rings. The van der Waals surface area contributed by atoms with E-state index >= 15 is 0 Å². The average Bonchev–Trinajstić information content (AvgIpc) is 3.18. The van der Waals surface area contributed by atoms with Gasteiger partial charge in [0, 0.05) is 63.5 Å². The van der Waals surface area contributed by atoms with Gasteiger partial charge in [0.2, 0.25) is 11.8 Å². The van der Waals surface area contributed by atoms with E-state index in [-0.39, 0.29) is 54.3 Å². The van der Waals surface area contributed by atoms with Crippen LogP contribution in [0.2, 0.25) is 0 Å². The molecule has 0 aromatic carbocycles. The molecule has 2 N–H and O–H groups in total. The number of pyridine rings is 1. The predicted molar refractivity (Wildman–Crippen MR) is 130 cm³/mol. The van der Waals surface area contributed by atoms with Crippen LogP contribution in [-0.4, -0.2) is 78.4 Å². The number of aromatic nitrogens is 1. The lowest BCUT2D eigenvalue weighted by Gasteiger charge is -2.20.